The molecule has 1 fully saturated rings. The van der Waals surface area contributed by atoms with Gasteiger partial charge in [0.05, 0.1) is 26.0 Å². The number of aromatic nitrogens is 1. The van der Waals surface area contributed by atoms with E-state index in [-0.39, 0.29) is 11.8 Å². The van der Waals surface area contributed by atoms with Crippen molar-refractivity contribution in [1.29, 1.82) is 0 Å². The van der Waals surface area contributed by atoms with E-state index in [0.29, 0.717) is 25.4 Å². The highest BCUT2D eigenvalue weighted by Crippen LogP contribution is 2.19. The van der Waals surface area contributed by atoms with E-state index in [0.717, 1.165) is 23.8 Å². The van der Waals surface area contributed by atoms with Gasteiger partial charge in [0, 0.05) is 30.1 Å². The lowest BCUT2D eigenvalue weighted by Crippen LogP contribution is -2.45. The number of carbonyl (C=O) groups is 1. The van der Waals surface area contributed by atoms with Gasteiger partial charge in [0.1, 0.15) is 5.01 Å². The van der Waals surface area contributed by atoms with Gasteiger partial charge in [-0.2, -0.15) is 0 Å². The molecule has 0 aliphatic carbocycles. The molecule has 0 N–H and O–H groups in total. The van der Waals surface area contributed by atoms with Crippen LogP contribution >= 0.6 is 11.3 Å². The normalized spacial score (nSPS) is 19.8. The first-order chi connectivity index (χ1) is 10.2. The van der Waals surface area contributed by atoms with Crippen LogP contribution in [0, 0.1) is 6.92 Å². The average Bonchev–Trinajstić information content (AvgIpc) is 3.13. The molecule has 0 amide bonds. The van der Waals surface area contributed by atoms with Crippen molar-refractivity contribution >= 4 is 17.1 Å². The number of ether oxygens (including phenoxy) is 1. The second-order valence-electron chi connectivity index (χ2n) is 5.19. The van der Waals surface area contributed by atoms with Crippen molar-refractivity contribution in [2.24, 2.45) is 0 Å². The number of hydrogen-bond donors (Lipinski definition) is 0. The summed E-state index contributed by atoms with van der Waals surface area (Å²) in [5.74, 6) is 0.446. The van der Waals surface area contributed by atoms with Crippen molar-refractivity contribution in [3.05, 3.63) is 40.2 Å². The van der Waals surface area contributed by atoms with Crippen LogP contribution in [0.1, 0.15) is 27.7 Å². The first-order valence-corrected chi connectivity index (χ1v) is 7.90. The van der Waals surface area contributed by atoms with Crippen LogP contribution in [0.2, 0.25) is 0 Å². The maximum absolute atomic E-state index is 12.2. The fraction of sp³-hybridized carbons (Fsp3) is 0.467. The van der Waals surface area contributed by atoms with Crippen LogP contribution in [0.5, 0.6) is 0 Å². The van der Waals surface area contributed by atoms with Crippen LogP contribution in [0.3, 0.4) is 0 Å². The zero-order chi connectivity index (χ0) is 14.7. The summed E-state index contributed by atoms with van der Waals surface area (Å²) < 4.78 is 10.7. The number of hydrogen-bond acceptors (Lipinski definition) is 6. The summed E-state index contributed by atoms with van der Waals surface area (Å²) >= 11 is 1.66. The Morgan fingerprint density at radius 2 is 2.48 bits per heavy atom. The molecule has 1 aliphatic rings. The smallest absolute Gasteiger partial charge is 0.199 e. The zero-order valence-corrected chi connectivity index (χ0v) is 12.8. The Hall–Kier alpha value is -1.50. The maximum Gasteiger partial charge on any atom is 0.199 e. The Morgan fingerprint density at radius 1 is 1.57 bits per heavy atom. The van der Waals surface area contributed by atoms with E-state index >= 15 is 0 Å². The van der Waals surface area contributed by atoms with Gasteiger partial charge in [0.25, 0.3) is 0 Å². The van der Waals surface area contributed by atoms with E-state index in [4.69, 9.17) is 9.15 Å². The minimum absolute atomic E-state index is 0.0239. The summed E-state index contributed by atoms with van der Waals surface area (Å²) in [5, 5.41) is 3.14. The molecule has 0 aromatic carbocycles. The molecule has 2 aromatic rings. The van der Waals surface area contributed by atoms with Gasteiger partial charge in [-0.15, -0.1) is 11.3 Å². The Labute approximate surface area is 127 Å². The largest absolute Gasteiger partial charge is 0.461 e. The van der Waals surface area contributed by atoms with E-state index in [1.165, 1.54) is 6.26 Å². The van der Waals surface area contributed by atoms with Gasteiger partial charge in [0.15, 0.2) is 11.5 Å². The van der Waals surface area contributed by atoms with Gasteiger partial charge in [0.2, 0.25) is 0 Å². The number of rotatable bonds is 5. The fourth-order valence-corrected chi connectivity index (χ4v) is 3.28. The SMILES string of the molecule is Cc1csc(CN2CCOC[C@@H]2CC(=O)c2ccco2)n1. The molecule has 2 aromatic heterocycles. The summed E-state index contributed by atoms with van der Waals surface area (Å²) in [6.07, 6.45) is 1.94. The van der Waals surface area contributed by atoms with Crippen molar-refractivity contribution in [2.75, 3.05) is 19.8 Å². The molecule has 3 heterocycles. The standard InChI is InChI=1S/C15H18N2O3S/c1-11-10-21-15(16-11)8-17-4-6-19-9-12(17)7-13(18)14-3-2-5-20-14/h2-3,5,10,12H,4,6-9H2,1H3/t12-/m0/s1. The predicted octanol–water partition coefficient (Wildman–Crippen LogP) is 2.52. The summed E-state index contributed by atoms with van der Waals surface area (Å²) in [6.45, 7) is 4.89. The number of nitrogens with zero attached hydrogens (tertiary/aromatic N) is 2. The Bertz CT molecular complexity index is 594. The molecule has 1 saturated heterocycles. The molecule has 5 nitrogen and oxygen atoms in total. The number of carbonyl (C=O) groups excluding carboxylic acids is 1. The van der Waals surface area contributed by atoms with Gasteiger partial charge in [-0.3, -0.25) is 9.69 Å². The first kappa shape index (κ1) is 14.4. The molecule has 6 heteroatoms. The number of Topliss-reactive ketones (excluding diaryl/α,β-unsaturated/α-hetero) is 1. The maximum atomic E-state index is 12.2. The van der Waals surface area contributed by atoms with Crippen LogP contribution in [-0.2, 0) is 11.3 Å². The van der Waals surface area contributed by atoms with Crippen molar-refractivity contribution < 1.29 is 13.9 Å². The van der Waals surface area contributed by atoms with Gasteiger partial charge in [-0.25, -0.2) is 4.98 Å². The van der Waals surface area contributed by atoms with Gasteiger partial charge >= 0.3 is 0 Å². The highest BCUT2D eigenvalue weighted by atomic mass is 32.1. The number of furan rings is 1. The zero-order valence-electron chi connectivity index (χ0n) is 11.9. The summed E-state index contributed by atoms with van der Waals surface area (Å²) in [6, 6.07) is 3.53. The average molecular weight is 306 g/mol. The molecular formula is C15H18N2O3S. The Kier molecular flexibility index (Phi) is 4.48. The lowest BCUT2D eigenvalue weighted by molar-refractivity contribution is -0.0128. The molecular weight excluding hydrogens is 288 g/mol. The van der Waals surface area contributed by atoms with Crippen LogP contribution in [0.15, 0.2) is 28.2 Å². The van der Waals surface area contributed by atoms with Gasteiger partial charge in [-0.1, -0.05) is 0 Å². The minimum Gasteiger partial charge on any atom is -0.461 e. The third-order valence-electron chi connectivity index (χ3n) is 3.57. The van der Waals surface area contributed by atoms with E-state index < -0.39 is 0 Å². The van der Waals surface area contributed by atoms with Crippen molar-refractivity contribution in [3.63, 3.8) is 0 Å². The quantitative estimate of drug-likeness (QED) is 0.795. The molecule has 0 radical (unpaired) electrons. The van der Waals surface area contributed by atoms with E-state index in [1.54, 1.807) is 23.5 Å². The molecule has 1 atom stereocenters. The van der Waals surface area contributed by atoms with Gasteiger partial charge in [-0.05, 0) is 19.1 Å². The van der Waals surface area contributed by atoms with Crippen LogP contribution in [0.4, 0.5) is 0 Å². The van der Waals surface area contributed by atoms with Crippen LogP contribution in [-0.4, -0.2) is 41.5 Å². The molecule has 1 aliphatic heterocycles. The van der Waals surface area contributed by atoms with Crippen LogP contribution in [0.25, 0.3) is 0 Å². The topological polar surface area (TPSA) is 55.6 Å². The molecule has 0 unspecified atom stereocenters. The van der Waals surface area contributed by atoms with E-state index in [2.05, 4.69) is 15.3 Å². The van der Waals surface area contributed by atoms with Crippen molar-refractivity contribution in [2.45, 2.75) is 25.9 Å². The summed E-state index contributed by atoms with van der Waals surface area (Å²) in [7, 11) is 0. The predicted molar refractivity (Wildman–Crippen MR) is 79.5 cm³/mol. The lowest BCUT2D eigenvalue weighted by Gasteiger charge is -2.34. The monoisotopic (exact) mass is 306 g/mol. The van der Waals surface area contributed by atoms with E-state index in [9.17, 15) is 4.79 Å². The first-order valence-electron chi connectivity index (χ1n) is 7.02. The fourth-order valence-electron chi connectivity index (χ4n) is 2.49. The molecule has 0 spiro atoms. The molecule has 0 saturated carbocycles. The summed E-state index contributed by atoms with van der Waals surface area (Å²) in [5.41, 5.74) is 1.05. The van der Waals surface area contributed by atoms with Gasteiger partial charge < -0.3 is 9.15 Å². The third kappa shape index (κ3) is 3.58. The number of morpholine rings is 1. The Balaban J connectivity index is 1.65. The minimum atomic E-state index is 0.0239. The van der Waals surface area contributed by atoms with Crippen molar-refractivity contribution in [3.8, 4) is 0 Å². The number of ketones is 1. The highest BCUT2D eigenvalue weighted by Gasteiger charge is 2.27. The second-order valence-corrected chi connectivity index (χ2v) is 6.13. The second kappa shape index (κ2) is 6.51. The lowest BCUT2D eigenvalue weighted by atomic mass is 10.1. The summed E-state index contributed by atoms with van der Waals surface area (Å²) in [4.78, 5) is 19.0. The number of aryl methyl sites for hydroxylation is 1. The number of thiazole rings is 1. The molecule has 0 bridgehead atoms. The third-order valence-corrected chi connectivity index (χ3v) is 4.52. The Morgan fingerprint density at radius 3 is 3.19 bits per heavy atom. The van der Waals surface area contributed by atoms with Crippen molar-refractivity contribution in [1.82, 2.24) is 9.88 Å². The molecule has 3 rings (SSSR count). The van der Waals surface area contributed by atoms with Crippen LogP contribution < -0.4 is 0 Å². The molecule has 112 valence electrons. The molecule has 21 heavy (non-hydrogen) atoms. The highest BCUT2D eigenvalue weighted by molar-refractivity contribution is 7.09. The van der Waals surface area contributed by atoms with E-state index in [1.807, 2.05) is 6.92 Å².